The molecule has 0 aliphatic heterocycles. The monoisotopic (exact) mass is 656 g/mol. The van der Waals surface area contributed by atoms with Gasteiger partial charge >= 0.3 is 11.9 Å². The van der Waals surface area contributed by atoms with Gasteiger partial charge in [0, 0.05) is 18.9 Å². The van der Waals surface area contributed by atoms with Gasteiger partial charge in [-0.15, -0.1) is 0 Å². The molecular weight excluding hydrogens is 592 g/mol. The lowest BCUT2D eigenvalue weighted by Crippen LogP contribution is -2.37. The Kier molecular flexibility index (Phi) is 21.4. The van der Waals surface area contributed by atoms with Crippen molar-refractivity contribution in [2.75, 3.05) is 18.9 Å². The largest absolute Gasteiger partial charge is 0.465 e. The molecular formula is C37H64N6O4. The topological polar surface area (TPSA) is 148 Å². The van der Waals surface area contributed by atoms with Gasteiger partial charge in [-0.05, 0) is 44.4 Å². The summed E-state index contributed by atoms with van der Waals surface area (Å²) in [7, 11) is 0. The standard InChI is InChI=1S/C37H64N6O4/c1-4-5-6-7-8-9-10-11-12-13-14-15-16-17-18-19-20-21-22-23-33(44)47-28-31(24-25-46-36(45)34(38)30(2)3)27-43-29-41-32-26-40-37(39)42-35(32)43/h11-12,26,29-31,34H,4-10,13-25,27-28,38H2,1-3H3,(H2,39,40,42)/b12-11+/t31-,34+/m1/s1. The molecule has 0 unspecified atom stereocenters. The molecule has 2 aromatic rings. The highest BCUT2D eigenvalue weighted by Gasteiger charge is 2.21. The number of aromatic nitrogens is 4. The van der Waals surface area contributed by atoms with E-state index >= 15 is 0 Å². The van der Waals surface area contributed by atoms with E-state index in [2.05, 4.69) is 34.0 Å². The van der Waals surface area contributed by atoms with Crippen molar-refractivity contribution in [1.82, 2.24) is 19.5 Å². The molecule has 10 nitrogen and oxygen atoms in total. The molecule has 0 bridgehead atoms. The minimum atomic E-state index is -0.666. The van der Waals surface area contributed by atoms with Gasteiger partial charge in [-0.1, -0.05) is 110 Å². The van der Waals surface area contributed by atoms with Crippen molar-refractivity contribution in [3.63, 3.8) is 0 Å². The molecule has 266 valence electrons. The van der Waals surface area contributed by atoms with Gasteiger partial charge in [0.1, 0.15) is 11.6 Å². The lowest BCUT2D eigenvalue weighted by molar-refractivity contribution is -0.149. The molecule has 0 radical (unpaired) electrons. The predicted octanol–water partition coefficient (Wildman–Crippen LogP) is 8.08. The van der Waals surface area contributed by atoms with Gasteiger partial charge in [-0.25, -0.2) is 9.97 Å². The zero-order valence-corrected chi connectivity index (χ0v) is 29.7. The normalized spacial score (nSPS) is 13.0. The van der Waals surface area contributed by atoms with Crippen LogP contribution in [0.25, 0.3) is 11.2 Å². The summed E-state index contributed by atoms with van der Waals surface area (Å²) in [6, 6.07) is -0.666. The molecule has 2 heterocycles. The number of nitrogen functional groups attached to an aromatic ring is 1. The number of carbonyl (C=O) groups is 2. The number of ether oxygens (including phenoxy) is 2. The Balaban J connectivity index is 1.57. The Morgan fingerprint density at radius 2 is 1.45 bits per heavy atom. The number of allylic oxidation sites excluding steroid dienone is 2. The number of hydrogen-bond acceptors (Lipinski definition) is 9. The molecule has 0 amide bonds. The molecule has 0 saturated heterocycles. The third kappa shape index (κ3) is 18.2. The Labute approximate surface area is 283 Å². The first-order valence-electron chi connectivity index (χ1n) is 18.5. The highest BCUT2D eigenvalue weighted by atomic mass is 16.5. The molecule has 47 heavy (non-hydrogen) atoms. The van der Waals surface area contributed by atoms with Gasteiger partial charge in [-0.3, -0.25) is 9.59 Å². The van der Waals surface area contributed by atoms with Crippen LogP contribution in [0.15, 0.2) is 24.7 Å². The number of nitrogens with two attached hydrogens (primary N) is 2. The van der Waals surface area contributed by atoms with E-state index in [9.17, 15) is 9.59 Å². The van der Waals surface area contributed by atoms with Crippen LogP contribution in [0.4, 0.5) is 5.95 Å². The van der Waals surface area contributed by atoms with E-state index in [-0.39, 0.29) is 37.0 Å². The van der Waals surface area contributed by atoms with Crippen molar-refractivity contribution in [3.8, 4) is 0 Å². The Morgan fingerprint density at radius 3 is 2.06 bits per heavy atom. The summed E-state index contributed by atoms with van der Waals surface area (Å²) in [6.45, 7) is 6.90. The van der Waals surface area contributed by atoms with Crippen LogP contribution in [0.3, 0.4) is 0 Å². The molecule has 0 fully saturated rings. The summed E-state index contributed by atoms with van der Waals surface area (Å²) < 4.78 is 13.0. The zero-order chi connectivity index (χ0) is 34.1. The number of nitrogens with zero attached hydrogens (tertiary/aromatic N) is 4. The average Bonchev–Trinajstić information content (AvgIpc) is 3.45. The number of hydrogen-bond donors (Lipinski definition) is 2. The van der Waals surface area contributed by atoms with Crippen LogP contribution in [-0.2, 0) is 25.6 Å². The Bertz CT molecular complexity index is 1150. The van der Waals surface area contributed by atoms with Crippen LogP contribution in [0, 0.1) is 11.8 Å². The number of carbonyl (C=O) groups excluding carboxylic acids is 2. The maximum atomic E-state index is 12.6. The Hall–Kier alpha value is -3.01. The van der Waals surface area contributed by atoms with Gasteiger partial charge in [0.05, 0.1) is 25.7 Å². The lowest BCUT2D eigenvalue weighted by atomic mass is 10.1. The Morgan fingerprint density at radius 1 is 0.851 bits per heavy atom. The highest BCUT2D eigenvalue weighted by molar-refractivity contribution is 5.75. The van der Waals surface area contributed by atoms with Crippen molar-refractivity contribution < 1.29 is 19.1 Å². The molecule has 2 atom stereocenters. The van der Waals surface area contributed by atoms with Crippen LogP contribution >= 0.6 is 0 Å². The van der Waals surface area contributed by atoms with Gasteiger partial charge in [-0.2, -0.15) is 4.98 Å². The van der Waals surface area contributed by atoms with Gasteiger partial charge < -0.3 is 25.5 Å². The van der Waals surface area contributed by atoms with Gasteiger partial charge in [0.15, 0.2) is 5.65 Å². The van der Waals surface area contributed by atoms with Crippen LogP contribution in [0.5, 0.6) is 0 Å². The second-order valence-corrected chi connectivity index (χ2v) is 13.4. The van der Waals surface area contributed by atoms with E-state index in [0.717, 1.165) is 19.3 Å². The van der Waals surface area contributed by atoms with Crippen molar-refractivity contribution in [1.29, 1.82) is 0 Å². The number of fused-ring (bicyclic) bond motifs is 1. The van der Waals surface area contributed by atoms with Crippen molar-refractivity contribution in [2.24, 2.45) is 17.6 Å². The molecule has 0 aliphatic rings. The summed E-state index contributed by atoms with van der Waals surface area (Å²) in [5.41, 5.74) is 12.9. The van der Waals surface area contributed by atoms with Crippen LogP contribution < -0.4 is 11.5 Å². The zero-order valence-electron chi connectivity index (χ0n) is 29.7. The van der Waals surface area contributed by atoms with E-state index in [4.69, 9.17) is 20.9 Å². The predicted molar refractivity (Wildman–Crippen MR) is 190 cm³/mol. The second-order valence-electron chi connectivity index (χ2n) is 13.4. The van der Waals surface area contributed by atoms with Crippen molar-refractivity contribution in [2.45, 2.75) is 155 Å². The summed E-state index contributed by atoms with van der Waals surface area (Å²) >= 11 is 0. The van der Waals surface area contributed by atoms with Gasteiger partial charge in [0.2, 0.25) is 5.95 Å². The van der Waals surface area contributed by atoms with E-state index < -0.39 is 12.0 Å². The van der Waals surface area contributed by atoms with E-state index in [0.29, 0.717) is 30.6 Å². The number of esters is 2. The molecule has 0 saturated carbocycles. The minimum Gasteiger partial charge on any atom is -0.465 e. The smallest absolute Gasteiger partial charge is 0.323 e. The molecule has 2 rings (SSSR count). The SMILES string of the molecule is CCCCCCCC/C=C/CCCCCCCCCCCC(=O)OC[C@H](CCOC(=O)[C@@H](N)C(C)C)Cn1cnc2cnc(N)nc21. The van der Waals surface area contributed by atoms with Crippen molar-refractivity contribution in [3.05, 3.63) is 24.7 Å². The van der Waals surface area contributed by atoms with Crippen LogP contribution in [0.1, 0.15) is 143 Å². The summed E-state index contributed by atoms with van der Waals surface area (Å²) in [6.07, 6.45) is 30.4. The first kappa shape index (κ1) is 40.2. The fourth-order valence-corrected chi connectivity index (χ4v) is 5.53. The number of anilines is 1. The van der Waals surface area contributed by atoms with E-state index in [1.54, 1.807) is 12.5 Å². The summed E-state index contributed by atoms with van der Waals surface area (Å²) in [5, 5.41) is 0. The third-order valence-corrected chi connectivity index (χ3v) is 8.72. The summed E-state index contributed by atoms with van der Waals surface area (Å²) in [4.78, 5) is 37.4. The first-order valence-corrected chi connectivity index (χ1v) is 18.5. The van der Waals surface area contributed by atoms with Crippen molar-refractivity contribution >= 4 is 29.1 Å². The molecule has 0 aliphatic carbocycles. The number of imidazole rings is 1. The molecule has 0 spiro atoms. The quantitative estimate of drug-likeness (QED) is 0.0526. The molecule has 4 N–H and O–H groups in total. The third-order valence-electron chi connectivity index (χ3n) is 8.72. The van der Waals surface area contributed by atoms with Gasteiger partial charge in [0.25, 0.3) is 0 Å². The maximum Gasteiger partial charge on any atom is 0.323 e. The summed E-state index contributed by atoms with van der Waals surface area (Å²) in [5.74, 6) is -0.584. The minimum absolute atomic E-state index is 0.0105. The molecule has 10 heteroatoms. The molecule has 0 aromatic carbocycles. The first-order chi connectivity index (χ1) is 22.8. The fourth-order valence-electron chi connectivity index (χ4n) is 5.53. The van der Waals surface area contributed by atoms with Crippen LogP contribution in [-0.4, -0.2) is 50.7 Å². The number of rotatable bonds is 28. The fraction of sp³-hybridized carbons (Fsp3) is 0.757. The van der Waals surface area contributed by atoms with E-state index in [1.807, 2.05) is 18.4 Å². The van der Waals surface area contributed by atoms with Crippen LogP contribution in [0.2, 0.25) is 0 Å². The lowest BCUT2D eigenvalue weighted by Gasteiger charge is -2.19. The van der Waals surface area contributed by atoms with E-state index in [1.165, 1.54) is 89.9 Å². The molecule has 2 aromatic heterocycles. The second kappa shape index (κ2) is 25.1. The maximum absolute atomic E-state index is 12.6. The average molecular weight is 657 g/mol. The number of unbranched alkanes of at least 4 members (excludes halogenated alkanes) is 15. The highest BCUT2D eigenvalue weighted by Crippen LogP contribution is 2.17.